The molecule has 7 heteroatoms. The van der Waals surface area contributed by atoms with Crippen molar-refractivity contribution < 1.29 is 9.53 Å². The maximum atomic E-state index is 12.3. The summed E-state index contributed by atoms with van der Waals surface area (Å²) in [4.78, 5) is 19.4. The van der Waals surface area contributed by atoms with Crippen LogP contribution in [0.1, 0.15) is 30.0 Å². The van der Waals surface area contributed by atoms with Crippen molar-refractivity contribution in [1.82, 2.24) is 4.98 Å². The number of nitrogens with zero attached hydrogens (tertiary/aromatic N) is 3. The van der Waals surface area contributed by atoms with Crippen LogP contribution in [-0.4, -0.2) is 36.8 Å². The van der Waals surface area contributed by atoms with Gasteiger partial charge < -0.3 is 15.0 Å². The number of ether oxygens (including phenoxy) is 1. The molecule has 0 aliphatic carbocycles. The predicted molar refractivity (Wildman–Crippen MR) is 105 cm³/mol. The largest absolute Gasteiger partial charge is 0.497 e. The minimum atomic E-state index is -0.126. The molecule has 1 fully saturated rings. The maximum absolute atomic E-state index is 12.3. The lowest BCUT2D eigenvalue weighted by Crippen LogP contribution is -2.39. The summed E-state index contributed by atoms with van der Waals surface area (Å²) in [6.45, 7) is 2.09. The number of rotatable bonds is 5. The van der Waals surface area contributed by atoms with Gasteiger partial charge in [0.25, 0.3) is 0 Å². The number of carbonyl (C=O) groups excluding carboxylic acids is 1. The van der Waals surface area contributed by atoms with Crippen LogP contribution in [0.2, 0.25) is 0 Å². The van der Waals surface area contributed by atoms with Crippen molar-refractivity contribution in [2.24, 2.45) is 0 Å². The number of hydrogen-bond donors (Lipinski definition) is 1. The van der Waals surface area contributed by atoms with Crippen molar-refractivity contribution in [1.29, 1.82) is 5.26 Å². The summed E-state index contributed by atoms with van der Waals surface area (Å²) >= 11 is 1.32. The lowest BCUT2D eigenvalue weighted by molar-refractivity contribution is -0.113. The third-order valence-corrected chi connectivity index (χ3v) is 6.04. The number of piperidine rings is 1. The van der Waals surface area contributed by atoms with Crippen LogP contribution in [-0.2, 0) is 4.79 Å². The van der Waals surface area contributed by atoms with Crippen molar-refractivity contribution in [3.05, 3.63) is 41.6 Å². The molecule has 5 rings (SSSR count). The lowest BCUT2D eigenvalue weighted by Gasteiger charge is -2.41. The molecule has 2 bridgehead atoms. The van der Waals surface area contributed by atoms with Gasteiger partial charge in [0, 0.05) is 24.7 Å². The fourth-order valence-electron chi connectivity index (χ4n) is 3.64. The number of pyridine rings is 1. The van der Waals surface area contributed by atoms with Gasteiger partial charge in [0.15, 0.2) is 0 Å². The van der Waals surface area contributed by atoms with E-state index in [0.29, 0.717) is 22.2 Å². The Bertz CT molecular complexity index is 899. The van der Waals surface area contributed by atoms with E-state index in [0.717, 1.165) is 43.1 Å². The summed E-state index contributed by atoms with van der Waals surface area (Å²) in [5.41, 5.74) is 3.44. The summed E-state index contributed by atoms with van der Waals surface area (Å²) in [5.74, 6) is 1.30. The van der Waals surface area contributed by atoms with Gasteiger partial charge in [0.1, 0.15) is 16.8 Å². The molecule has 0 atom stereocenters. The number of hydrogen-bond acceptors (Lipinski definition) is 6. The second kappa shape index (κ2) is 7.49. The van der Waals surface area contributed by atoms with Crippen LogP contribution in [0, 0.1) is 11.3 Å². The van der Waals surface area contributed by atoms with E-state index in [4.69, 9.17) is 9.72 Å². The van der Waals surface area contributed by atoms with Crippen molar-refractivity contribution >= 4 is 29.0 Å². The Balaban J connectivity index is 1.45. The molecule has 3 aliphatic heterocycles. The van der Waals surface area contributed by atoms with Gasteiger partial charge in [-0.15, -0.1) is 0 Å². The summed E-state index contributed by atoms with van der Waals surface area (Å²) < 4.78 is 5.11. The summed E-state index contributed by atoms with van der Waals surface area (Å²) in [6, 6.07) is 11.4. The van der Waals surface area contributed by atoms with Crippen molar-refractivity contribution in [3.8, 4) is 11.8 Å². The highest BCUT2D eigenvalue weighted by molar-refractivity contribution is 8.00. The first kappa shape index (κ1) is 17.7. The lowest BCUT2D eigenvalue weighted by atomic mass is 9.86. The third kappa shape index (κ3) is 3.58. The number of amides is 1. The van der Waals surface area contributed by atoms with E-state index >= 15 is 0 Å². The molecule has 1 saturated heterocycles. The fraction of sp³-hybridized carbons (Fsp3) is 0.350. The first-order valence-electron chi connectivity index (χ1n) is 8.94. The van der Waals surface area contributed by atoms with E-state index in [9.17, 15) is 10.1 Å². The van der Waals surface area contributed by atoms with Crippen molar-refractivity contribution in [2.45, 2.75) is 23.8 Å². The Labute approximate surface area is 162 Å². The molecule has 3 aliphatic rings. The van der Waals surface area contributed by atoms with Crippen LogP contribution < -0.4 is 15.0 Å². The van der Waals surface area contributed by atoms with Crippen LogP contribution in [0.5, 0.6) is 5.75 Å². The Kier molecular flexibility index (Phi) is 4.90. The summed E-state index contributed by atoms with van der Waals surface area (Å²) in [5, 5.41) is 13.0. The number of nitriles is 1. The molecule has 0 saturated carbocycles. The molecule has 0 unspecified atom stereocenters. The number of carbonyl (C=O) groups is 1. The average molecular weight is 380 g/mol. The number of methoxy groups -OCH3 is 1. The zero-order chi connectivity index (χ0) is 18.8. The number of fused-ring (bicyclic) bond motifs is 2. The smallest absolute Gasteiger partial charge is 0.234 e. The average Bonchev–Trinajstić information content (AvgIpc) is 2.73. The van der Waals surface area contributed by atoms with E-state index in [2.05, 4.69) is 16.3 Å². The van der Waals surface area contributed by atoms with E-state index in [1.54, 1.807) is 31.4 Å². The monoisotopic (exact) mass is 380 g/mol. The number of anilines is 2. The van der Waals surface area contributed by atoms with Gasteiger partial charge in [-0.3, -0.25) is 4.79 Å². The predicted octanol–water partition coefficient (Wildman–Crippen LogP) is 3.39. The minimum Gasteiger partial charge on any atom is -0.497 e. The molecule has 27 heavy (non-hydrogen) atoms. The Morgan fingerprint density at radius 1 is 1.37 bits per heavy atom. The van der Waals surface area contributed by atoms with Crippen LogP contribution in [0.3, 0.4) is 0 Å². The van der Waals surface area contributed by atoms with Crippen LogP contribution in [0.4, 0.5) is 11.4 Å². The van der Waals surface area contributed by atoms with Crippen LogP contribution >= 0.6 is 11.8 Å². The third-order valence-electron chi connectivity index (χ3n) is 5.05. The zero-order valence-electron chi connectivity index (χ0n) is 15.1. The molecular weight excluding hydrogens is 360 g/mol. The molecule has 1 amide bonds. The minimum absolute atomic E-state index is 0.126. The van der Waals surface area contributed by atoms with Crippen LogP contribution in [0.25, 0.3) is 0 Å². The zero-order valence-corrected chi connectivity index (χ0v) is 15.9. The Morgan fingerprint density at radius 2 is 2.11 bits per heavy atom. The van der Waals surface area contributed by atoms with Gasteiger partial charge >= 0.3 is 0 Å². The standard InChI is InChI=1S/C20H20N4O2S/c1-26-16-4-2-15(3-5-16)22-18(25)12-27-20-14(11-21)10-17-19(23-20)13-6-8-24(17)9-7-13/h2-5,10,13H,6-9,12H2,1H3,(H,22,25). The van der Waals surface area contributed by atoms with Gasteiger partial charge in [0.2, 0.25) is 5.91 Å². The van der Waals surface area contributed by atoms with Crippen molar-refractivity contribution in [3.63, 3.8) is 0 Å². The van der Waals surface area contributed by atoms with Crippen molar-refractivity contribution in [2.75, 3.05) is 36.2 Å². The van der Waals surface area contributed by atoms with Gasteiger partial charge in [-0.1, -0.05) is 11.8 Å². The second-order valence-corrected chi connectivity index (χ2v) is 7.65. The first-order valence-corrected chi connectivity index (χ1v) is 9.93. The van der Waals surface area contributed by atoms with E-state index < -0.39 is 0 Å². The van der Waals surface area contributed by atoms with E-state index in [1.165, 1.54) is 11.8 Å². The first-order chi connectivity index (χ1) is 13.2. The van der Waals surface area contributed by atoms with Gasteiger partial charge in [-0.05, 0) is 43.2 Å². The Morgan fingerprint density at radius 3 is 2.78 bits per heavy atom. The highest BCUT2D eigenvalue weighted by Gasteiger charge is 2.33. The highest BCUT2D eigenvalue weighted by Crippen LogP contribution is 2.42. The molecule has 6 nitrogen and oxygen atoms in total. The molecule has 4 heterocycles. The maximum Gasteiger partial charge on any atom is 0.234 e. The molecule has 1 aromatic carbocycles. The number of aromatic nitrogens is 1. The Hall–Kier alpha value is -2.72. The van der Waals surface area contributed by atoms with Crippen LogP contribution in [0.15, 0.2) is 35.4 Å². The molecule has 1 N–H and O–H groups in total. The fourth-order valence-corrected chi connectivity index (χ4v) is 4.41. The molecule has 1 aromatic heterocycles. The van der Waals surface area contributed by atoms with Gasteiger partial charge in [-0.25, -0.2) is 4.98 Å². The molecule has 2 aromatic rings. The molecule has 0 spiro atoms. The van der Waals surface area contributed by atoms with Gasteiger partial charge in [0.05, 0.1) is 29.8 Å². The number of thioether (sulfide) groups is 1. The van der Waals surface area contributed by atoms with E-state index in [-0.39, 0.29) is 11.7 Å². The summed E-state index contributed by atoms with van der Waals surface area (Å²) in [7, 11) is 1.60. The van der Waals surface area contributed by atoms with Gasteiger partial charge in [-0.2, -0.15) is 5.26 Å². The van der Waals surface area contributed by atoms with E-state index in [1.807, 2.05) is 6.07 Å². The highest BCUT2D eigenvalue weighted by atomic mass is 32.2. The summed E-state index contributed by atoms with van der Waals surface area (Å²) in [6.07, 6.45) is 2.24. The topological polar surface area (TPSA) is 78.2 Å². The second-order valence-electron chi connectivity index (χ2n) is 6.68. The molecule has 138 valence electrons. The molecular formula is C20H20N4O2S. The number of nitrogens with one attached hydrogen (secondary N) is 1. The quantitative estimate of drug-likeness (QED) is 0.801. The number of benzene rings is 1. The molecule has 0 radical (unpaired) electrons. The SMILES string of the molecule is COc1ccc(NC(=O)CSc2nc3c(cc2C#N)N2CCC3CC2)cc1. The normalized spacial score (nSPS) is 15.2.